The Morgan fingerprint density at radius 3 is 2.67 bits per heavy atom. The number of fused-ring (bicyclic) bond motifs is 1. The number of halogens is 1. The van der Waals surface area contributed by atoms with Crippen LogP contribution >= 0.6 is 23.4 Å². The van der Waals surface area contributed by atoms with Gasteiger partial charge in [-0.25, -0.2) is 4.68 Å². The van der Waals surface area contributed by atoms with Crippen LogP contribution in [0.3, 0.4) is 0 Å². The molecule has 2 amide bonds. The number of amides is 2. The molecular formula is C31H37ClN4O3S. The molecule has 3 aromatic rings. The summed E-state index contributed by atoms with van der Waals surface area (Å²) < 4.78 is 7.56. The van der Waals surface area contributed by atoms with Crippen molar-refractivity contribution < 1.29 is 14.3 Å². The van der Waals surface area contributed by atoms with Crippen molar-refractivity contribution >= 4 is 41.0 Å². The molecule has 7 nitrogen and oxygen atoms in total. The molecule has 0 bridgehead atoms. The maximum absolute atomic E-state index is 13.8. The van der Waals surface area contributed by atoms with Crippen molar-refractivity contribution in [3.63, 3.8) is 0 Å². The Hall–Kier alpha value is -2.81. The highest BCUT2D eigenvalue weighted by molar-refractivity contribution is 8.00. The molecule has 0 radical (unpaired) electrons. The molecular weight excluding hydrogens is 544 g/mol. The average molecular weight is 581 g/mol. The van der Waals surface area contributed by atoms with Gasteiger partial charge in [0.25, 0.3) is 0 Å². The molecule has 2 aliphatic heterocycles. The highest BCUT2D eigenvalue weighted by Gasteiger charge is 2.40. The van der Waals surface area contributed by atoms with Crippen LogP contribution in [0.15, 0.2) is 42.5 Å². The highest BCUT2D eigenvalue weighted by Crippen LogP contribution is 2.48. The molecule has 9 heteroatoms. The van der Waals surface area contributed by atoms with E-state index < -0.39 is 0 Å². The number of carbonyl (C=O) groups excluding carboxylic acids is 2. The Morgan fingerprint density at radius 2 is 1.98 bits per heavy atom. The summed E-state index contributed by atoms with van der Waals surface area (Å²) in [6.07, 6.45) is 1.95. The van der Waals surface area contributed by atoms with Crippen LogP contribution in [0, 0.1) is 13.8 Å². The van der Waals surface area contributed by atoms with Gasteiger partial charge < -0.3 is 10.1 Å². The predicted octanol–water partition coefficient (Wildman–Crippen LogP) is 5.90. The molecule has 40 heavy (non-hydrogen) atoms. The van der Waals surface area contributed by atoms with Crippen molar-refractivity contribution in [2.24, 2.45) is 0 Å². The summed E-state index contributed by atoms with van der Waals surface area (Å²) in [5.41, 5.74) is 5.59. The normalized spacial score (nSPS) is 19.4. The fourth-order valence-electron chi connectivity index (χ4n) is 5.37. The minimum atomic E-state index is -0.328. The third-order valence-electron chi connectivity index (χ3n) is 7.61. The lowest BCUT2D eigenvalue weighted by Crippen LogP contribution is -2.44. The van der Waals surface area contributed by atoms with Gasteiger partial charge in [0.1, 0.15) is 12.4 Å². The smallest absolute Gasteiger partial charge is 0.240 e. The highest BCUT2D eigenvalue weighted by atomic mass is 35.5. The van der Waals surface area contributed by atoms with Crippen LogP contribution in [0.5, 0.6) is 0 Å². The number of hydrogen-bond donors (Lipinski definition) is 1. The molecule has 1 saturated heterocycles. The number of nitrogens with zero attached hydrogens (tertiary/aromatic N) is 3. The molecule has 2 aliphatic rings. The zero-order valence-corrected chi connectivity index (χ0v) is 25.4. The Morgan fingerprint density at radius 1 is 1.20 bits per heavy atom. The first kappa shape index (κ1) is 28.7. The number of ether oxygens (including phenoxy) is 1. The first-order chi connectivity index (χ1) is 19.0. The Bertz CT molecular complexity index is 1420. The average Bonchev–Trinajstić information content (AvgIpc) is 3.53. The number of nitrogens with one attached hydrogen (secondary N) is 1. The van der Waals surface area contributed by atoms with Crippen molar-refractivity contribution in [3.8, 4) is 5.69 Å². The van der Waals surface area contributed by atoms with Gasteiger partial charge in [-0.3, -0.25) is 14.5 Å². The van der Waals surface area contributed by atoms with Crippen LogP contribution in [-0.4, -0.2) is 53.1 Å². The van der Waals surface area contributed by atoms with E-state index in [-0.39, 0.29) is 40.9 Å². The zero-order valence-electron chi connectivity index (χ0n) is 23.8. The molecule has 2 atom stereocenters. The van der Waals surface area contributed by atoms with Crippen LogP contribution < -0.4 is 10.2 Å². The van der Waals surface area contributed by atoms with E-state index in [1.165, 1.54) is 0 Å². The van der Waals surface area contributed by atoms with Crippen LogP contribution in [0.25, 0.3) is 5.69 Å². The van der Waals surface area contributed by atoms with Gasteiger partial charge in [0, 0.05) is 29.2 Å². The van der Waals surface area contributed by atoms with Crippen molar-refractivity contribution in [3.05, 3.63) is 75.4 Å². The lowest BCUT2D eigenvalue weighted by molar-refractivity contribution is -0.123. The van der Waals surface area contributed by atoms with E-state index in [0.717, 1.165) is 53.1 Å². The number of hydrogen-bond acceptors (Lipinski definition) is 5. The second-order valence-corrected chi connectivity index (χ2v) is 13.2. The van der Waals surface area contributed by atoms with Crippen LogP contribution in [0.1, 0.15) is 66.8 Å². The monoisotopic (exact) mass is 580 g/mol. The molecule has 1 N–H and O–H groups in total. The van der Waals surface area contributed by atoms with E-state index in [9.17, 15) is 9.59 Å². The van der Waals surface area contributed by atoms with E-state index in [1.54, 1.807) is 16.7 Å². The molecule has 212 valence electrons. The first-order valence-corrected chi connectivity index (χ1v) is 15.2. The lowest BCUT2D eigenvalue weighted by atomic mass is 9.87. The van der Waals surface area contributed by atoms with E-state index in [2.05, 4.69) is 46.0 Å². The largest absolute Gasteiger partial charge is 0.376 e. The third-order valence-corrected chi connectivity index (χ3v) is 9.10. The molecule has 1 aromatic heterocycles. The molecule has 0 unspecified atom stereocenters. The molecule has 0 saturated carbocycles. The number of benzene rings is 2. The Labute approximate surface area is 245 Å². The second-order valence-electron chi connectivity index (χ2n) is 11.6. The maximum Gasteiger partial charge on any atom is 0.240 e. The van der Waals surface area contributed by atoms with Gasteiger partial charge >= 0.3 is 0 Å². The van der Waals surface area contributed by atoms with E-state index in [4.69, 9.17) is 21.4 Å². The van der Waals surface area contributed by atoms with E-state index in [0.29, 0.717) is 17.4 Å². The maximum atomic E-state index is 13.8. The van der Waals surface area contributed by atoms with E-state index >= 15 is 0 Å². The van der Waals surface area contributed by atoms with Gasteiger partial charge in [0.15, 0.2) is 0 Å². The molecule has 0 aliphatic carbocycles. The van der Waals surface area contributed by atoms with Gasteiger partial charge in [-0.1, -0.05) is 56.6 Å². The van der Waals surface area contributed by atoms with Crippen LogP contribution in [0.4, 0.5) is 5.82 Å². The van der Waals surface area contributed by atoms with Gasteiger partial charge in [0.05, 0.1) is 28.5 Å². The zero-order chi connectivity index (χ0) is 28.6. The van der Waals surface area contributed by atoms with Gasteiger partial charge in [-0.05, 0) is 61.6 Å². The van der Waals surface area contributed by atoms with Gasteiger partial charge in [0.2, 0.25) is 11.8 Å². The number of rotatable bonds is 6. The standard InChI is InChI=1S/C31H37ClN4O3S/c1-19-9-6-13-24(20(19)2)36-30-27(29(34-36)31(3,4)5)28(21-10-7-11-22(32)15-21)40-18-26(38)35(30)17-25(37)33-16-23-12-8-14-39-23/h6-7,9-11,13,15,23,28H,8,12,14,16-18H2,1-5H3,(H,33,37)/t23-,28+/m0/s1. The Balaban J connectivity index is 1.68. The number of aryl methyl sites for hydroxylation is 1. The third kappa shape index (κ3) is 5.80. The second kappa shape index (κ2) is 11.6. The van der Waals surface area contributed by atoms with Crippen molar-refractivity contribution in [1.82, 2.24) is 15.1 Å². The topological polar surface area (TPSA) is 76.5 Å². The summed E-state index contributed by atoms with van der Waals surface area (Å²) in [5.74, 6) is 0.522. The molecule has 5 rings (SSSR count). The lowest BCUT2D eigenvalue weighted by Gasteiger charge is -2.25. The van der Waals surface area contributed by atoms with Crippen LogP contribution in [-0.2, 0) is 19.7 Å². The predicted molar refractivity (Wildman–Crippen MR) is 162 cm³/mol. The van der Waals surface area contributed by atoms with E-state index in [1.807, 2.05) is 41.1 Å². The SMILES string of the molecule is Cc1cccc(-n2nc(C(C)(C)C)c3c2N(CC(=O)NC[C@@H]2CCCO2)C(=O)CS[C@@H]3c2cccc(Cl)c2)c1C. The Kier molecular flexibility index (Phi) is 8.32. The first-order valence-electron chi connectivity index (χ1n) is 13.8. The van der Waals surface area contributed by atoms with Gasteiger partial charge in [-0.2, -0.15) is 5.10 Å². The summed E-state index contributed by atoms with van der Waals surface area (Å²) in [4.78, 5) is 28.8. The van der Waals surface area contributed by atoms with Crippen LogP contribution in [0.2, 0.25) is 5.02 Å². The summed E-state index contributed by atoms with van der Waals surface area (Å²) >= 11 is 8.00. The van der Waals surface area contributed by atoms with Crippen molar-refractivity contribution in [1.29, 1.82) is 0 Å². The fourth-order valence-corrected chi connectivity index (χ4v) is 6.76. The number of thioether (sulfide) groups is 1. The number of anilines is 1. The number of carbonyl (C=O) groups is 2. The van der Waals surface area contributed by atoms with Crippen molar-refractivity contribution in [2.45, 2.75) is 64.2 Å². The van der Waals surface area contributed by atoms with Crippen molar-refractivity contribution in [2.75, 3.05) is 30.3 Å². The quantitative estimate of drug-likeness (QED) is 0.392. The summed E-state index contributed by atoms with van der Waals surface area (Å²) in [6.45, 7) is 11.6. The molecule has 3 heterocycles. The molecule has 1 fully saturated rings. The van der Waals surface area contributed by atoms with Gasteiger partial charge in [-0.15, -0.1) is 11.8 Å². The summed E-state index contributed by atoms with van der Waals surface area (Å²) in [7, 11) is 0. The minimum absolute atomic E-state index is 0.0232. The number of aromatic nitrogens is 2. The minimum Gasteiger partial charge on any atom is -0.376 e. The molecule has 2 aromatic carbocycles. The summed E-state index contributed by atoms with van der Waals surface area (Å²) in [6, 6.07) is 13.9. The fraction of sp³-hybridized carbons (Fsp3) is 0.452. The molecule has 0 spiro atoms. The summed E-state index contributed by atoms with van der Waals surface area (Å²) in [5, 5.41) is 8.65.